The van der Waals surface area contributed by atoms with Gasteiger partial charge in [0.1, 0.15) is 12.7 Å². The van der Waals surface area contributed by atoms with Gasteiger partial charge in [-0.2, -0.15) is 0 Å². The summed E-state index contributed by atoms with van der Waals surface area (Å²) in [4.78, 5) is 53.4. The van der Waals surface area contributed by atoms with Crippen LogP contribution in [0.4, 0.5) is 0 Å². The maximum Gasteiger partial charge on any atom is 0.338 e. The predicted molar refractivity (Wildman–Crippen MR) is 180 cm³/mol. The van der Waals surface area contributed by atoms with Gasteiger partial charge in [0.15, 0.2) is 23.3 Å². The van der Waals surface area contributed by atoms with Crippen molar-refractivity contribution in [2.75, 3.05) is 6.61 Å². The number of ether oxygens (including phenoxy) is 5. The van der Waals surface area contributed by atoms with Crippen LogP contribution in [-0.4, -0.2) is 59.9 Å². The molecule has 5 rings (SSSR count). The molecule has 5 atom stereocenters. The molecule has 0 aliphatic carbocycles. The Morgan fingerprint density at radius 1 is 0.500 bits per heavy atom. The molecule has 1 heterocycles. The monoisotopic (exact) mass is 714 g/mol. The molecule has 0 radical (unpaired) electrons. The smallest absolute Gasteiger partial charge is 0.338 e. The van der Waals surface area contributed by atoms with Crippen LogP contribution in [0.1, 0.15) is 63.7 Å². The van der Waals surface area contributed by atoms with Gasteiger partial charge in [0.05, 0.1) is 22.3 Å². The van der Waals surface area contributed by atoms with Crippen LogP contribution >= 0.6 is 15.9 Å². The minimum absolute atomic E-state index is 0.229. The number of carbonyl (C=O) groups is 4. The molecule has 0 aromatic heterocycles. The van der Waals surface area contributed by atoms with Crippen molar-refractivity contribution in [3.05, 3.63) is 142 Å². The number of esters is 4. The Labute approximate surface area is 287 Å². The Bertz CT molecular complexity index is 1750. The van der Waals surface area contributed by atoms with Gasteiger partial charge in [-0.3, -0.25) is 0 Å². The van der Waals surface area contributed by atoms with Gasteiger partial charge in [-0.25, -0.2) is 19.2 Å². The Morgan fingerprint density at radius 3 is 1.19 bits per heavy atom. The topological polar surface area (TPSA) is 114 Å². The standard InChI is InChI=1S/C38H35BrO9/c1-22-5-13-26(14-6-22)35(40)44-21-30-31(46-36(41)27-15-7-23(2)8-16-27)32(47-37(42)28-17-9-24(3)10-18-28)33(34(39)45-30)48-38(43)29-19-11-25(4)12-20-29/h5-20,30-34H,21H2,1-4H3. The maximum absolute atomic E-state index is 13.5. The summed E-state index contributed by atoms with van der Waals surface area (Å²) in [7, 11) is 0. The SMILES string of the molecule is Cc1ccc(C(=O)OCC2OC(Br)C(OC(=O)c3ccc(C)cc3)C(OC(=O)c3ccc(C)cc3)C2OC(=O)c2ccc(C)cc2)cc1. The molecule has 1 aliphatic heterocycles. The van der Waals surface area contributed by atoms with Crippen molar-refractivity contribution in [3.63, 3.8) is 0 Å². The van der Waals surface area contributed by atoms with Crippen molar-refractivity contribution in [2.45, 2.75) is 57.1 Å². The quantitative estimate of drug-likeness (QED) is 0.104. The number of hydrogen-bond acceptors (Lipinski definition) is 9. The lowest BCUT2D eigenvalue weighted by atomic mass is 9.98. The summed E-state index contributed by atoms with van der Waals surface area (Å²) < 4.78 is 29.7. The highest BCUT2D eigenvalue weighted by molar-refractivity contribution is 9.09. The summed E-state index contributed by atoms with van der Waals surface area (Å²) in [5, 5.41) is -1.06. The van der Waals surface area contributed by atoms with Crippen molar-refractivity contribution >= 4 is 39.8 Å². The molecular weight excluding hydrogens is 680 g/mol. The zero-order chi connectivity index (χ0) is 34.4. The van der Waals surface area contributed by atoms with Crippen LogP contribution in [0.15, 0.2) is 97.1 Å². The minimum Gasteiger partial charge on any atom is -0.459 e. The van der Waals surface area contributed by atoms with Crippen LogP contribution in [0.25, 0.3) is 0 Å². The largest absolute Gasteiger partial charge is 0.459 e. The number of alkyl halides is 1. The lowest BCUT2D eigenvalue weighted by Gasteiger charge is -2.43. The van der Waals surface area contributed by atoms with Crippen LogP contribution in [0, 0.1) is 27.7 Å². The van der Waals surface area contributed by atoms with E-state index in [1.807, 2.05) is 27.7 Å². The summed E-state index contributed by atoms with van der Waals surface area (Å²) in [6, 6.07) is 27.0. The third kappa shape index (κ3) is 8.56. The Morgan fingerprint density at radius 2 is 0.812 bits per heavy atom. The first-order valence-corrected chi connectivity index (χ1v) is 16.3. The fourth-order valence-corrected chi connectivity index (χ4v) is 5.66. The van der Waals surface area contributed by atoms with Gasteiger partial charge < -0.3 is 23.7 Å². The van der Waals surface area contributed by atoms with Gasteiger partial charge in [-0.15, -0.1) is 0 Å². The number of benzene rings is 4. The predicted octanol–water partition coefficient (Wildman–Crippen LogP) is 6.87. The second-order valence-electron chi connectivity index (χ2n) is 11.7. The first kappa shape index (κ1) is 34.5. The van der Waals surface area contributed by atoms with Gasteiger partial charge in [-0.1, -0.05) is 86.7 Å². The molecule has 0 saturated carbocycles. The van der Waals surface area contributed by atoms with Gasteiger partial charge in [0.2, 0.25) is 0 Å². The van der Waals surface area contributed by atoms with E-state index >= 15 is 0 Å². The average molecular weight is 716 g/mol. The van der Waals surface area contributed by atoms with Crippen molar-refractivity contribution in [3.8, 4) is 0 Å². The molecule has 0 amide bonds. The first-order chi connectivity index (χ1) is 23.0. The first-order valence-electron chi connectivity index (χ1n) is 15.3. The highest BCUT2D eigenvalue weighted by Gasteiger charge is 2.52. The number of carbonyl (C=O) groups excluding carboxylic acids is 4. The maximum atomic E-state index is 13.5. The molecule has 4 aromatic carbocycles. The van der Waals surface area contributed by atoms with Crippen molar-refractivity contribution in [2.24, 2.45) is 0 Å². The van der Waals surface area contributed by atoms with Crippen LogP contribution in [0.2, 0.25) is 0 Å². The second-order valence-corrected chi connectivity index (χ2v) is 12.6. The van der Waals surface area contributed by atoms with Gasteiger partial charge in [0.25, 0.3) is 0 Å². The summed E-state index contributed by atoms with van der Waals surface area (Å²) in [6.07, 6.45) is -5.18. The zero-order valence-electron chi connectivity index (χ0n) is 26.9. The summed E-state index contributed by atoms with van der Waals surface area (Å²) >= 11 is 3.44. The zero-order valence-corrected chi connectivity index (χ0v) is 28.5. The van der Waals surface area contributed by atoms with E-state index in [1.54, 1.807) is 97.1 Å². The summed E-state index contributed by atoms with van der Waals surface area (Å²) in [5.41, 5.74) is 4.81. The molecule has 10 heteroatoms. The normalized spacial score (nSPS) is 20.3. The number of aryl methyl sites for hydroxylation is 4. The third-order valence-electron chi connectivity index (χ3n) is 7.83. The fraction of sp³-hybridized carbons (Fsp3) is 0.263. The molecule has 1 saturated heterocycles. The summed E-state index contributed by atoms with van der Waals surface area (Å²) in [6.45, 7) is 7.17. The van der Waals surface area contributed by atoms with E-state index in [-0.39, 0.29) is 23.3 Å². The van der Waals surface area contributed by atoms with E-state index in [4.69, 9.17) is 23.7 Å². The van der Waals surface area contributed by atoms with Crippen molar-refractivity contribution in [1.29, 1.82) is 0 Å². The molecule has 4 aromatic rings. The van der Waals surface area contributed by atoms with E-state index in [9.17, 15) is 19.2 Å². The van der Waals surface area contributed by atoms with Gasteiger partial charge in [-0.05, 0) is 76.2 Å². The van der Waals surface area contributed by atoms with Gasteiger partial charge in [0, 0.05) is 0 Å². The molecule has 0 spiro atoms. The van der Waals surface area contributed by atoms with Gasteiger partial charge >= 0.3 is 23.9 Å². The summed E-state index contributed by atoms with van der Waals surface area (Å²) in [5.74, 6) is -2.83. The van der Waals surface area contributed by atoms with E-state index in [0.717, 1.165) is 22.3 Å². The lowest BCUT2D eigenvalue weighted by Crippen LogP contribution is -2.61. The molecular formula is C38H35BrO9. The number of rotatable bonds is 9. The molecule has 0 bridgehead atoms. The van der Waals surface area contributed by atoms with Crippen LogP contribution in [-0.2, 0) is 23.7 Å². The van der Waals surface area contributed by atoms with Crippen LogP contribution < -0.4 is 0 Å². The Kier molecular flexibility index (Phi) is 11.1. The van der Waals surface area contributed by atoms with Crippen LogP contribution in [0.3, 0.4) is 0 Å². The van der Waals surface area contributed by atoms with E-state index in [0.29, 0.717) is 5.56 Å². The second kappa shape index (κ2) is 15.4. The van der Waals surface area contributed by atoms with Crippen LogP contribution in [0.5, 0.6) is 0 Å². The highest BCUT2D eigenvalue weighted by atomic mass is 79.9. The molecule has 248 valence electrons. The number of hydrogen-bond donors (Lipinski definition) is 0. The fourth-order valence-electron chi connectivity index (χ4n) is 4.98. The number of halogens is 1. The van der Waals surface area contributed by atoms with E-state index in [1.165, 1.54) is 0 Å². The van der Waals surface area contributed by atoms with Crippen molar-refractivity contribution < 1.29 is 42.9 Å². The molecule has 5 unspecified atom stereocenters. The molecule has 0 N–H and O–H groups in total. The third-order valence-corrected chi connectivity index (χ3v) is 8.57. The molecule has 1 fully saturated rings. The molecule has 1 aliphatic rings. The Balaban J connectivity index is 1.49. The lowest BCUT2D eigenvalue weighted by molar-refractivity contribution is -0.205. The highest BCUT2D eigenvalue weighted by Crippen LogP contribution is 2.33. The molecule has 9 nitrogen and oxygen atoms in total. The van der Waals surface area contributed by atoms with Crippen molar-refractivity contribution in [1.82, 2.24) is 0 Å². The molecule has 48 heavy (non-hydrogen) atoms. The van der Waals surface area contributed by atoms with E-state index in [2.05, 4.69) is 15.9 Å². The minimum atomic E-state index is -1.39. The van der Waals surface area contributed by atoms with E-state index < -0.39 is 53.3 Å². The Hall–Kier alpha value is -4.80. The average Bonchev–Trinajstić information content (AvgIpc) is 3.07.